The summed E-state index contributed by atoms with van der Waals surface area (Å²) in [5.41, 5.74) is 2.36. The molecule has 1 unspecified atom stereocenters. The Bertz CT molecular complexity index is 791. The predicted molar refractivity (Wildman–Crippen MR) is 106 cm³/mol. The molecular formula is C20H21ClN2OS. The van der Waals surface area contributed by atoms with Gasteiger partial charge in [-0.3, -0.25) is 0 Å². The average molecular weight is 373 g/mol. The molecule has 5 heteroatoms. The lowest BCUT2D eigenvalue weighted by molar-refractivity contribution is 0.371. The molecule has 0 radical (unpaired) electrons. The normalized spacial score (nSPS) is 20.0. The van der Waals surface area contributed by atoms with Crippen molar-refractivity contribution in [2.24, 2.45) is 4.40 Å². The molecule has 0 aromatic heterocycles. The van der Waals surface area contributed by atoms with E-state index in [1.807, 2.05) is 25.1 Å². The van der Waals surface area contributed by atoms with Crippen molar-refractivity contribution in [1.82, 2.24) is 4.90 Å². The number of aryl methyl sites for hydroxylation is 1. The smallest absolute Gasteiger partial charge is 0.130 e. The van der Waals surface area contributed by atoms with E-state index >= 15 is 0 Å². The molecule has 1 saturated heterocycles. The van der Waals surface area contributed by atoms with Gasteiger partial charge in [-0.05, 0) is 73.2 Å². The van der Waals surface area contributed by atoms with Gasteiger partial charge < -0.3 is 9.64 Å². The Morgan fingerprint density at radius 1 is 1.16 bits per heavy atom. The largest absolute Gasteiger partial charge is 0.457 e. The van der Waals surface area contributed by atoms with Gasteiger partial charge in [-0.1, -0.05) is 23.7 Å². The minimum Gasteiger partial charge on any atom is -0.457 e. The van der Waals surface area contributed by atoms with Gasteiger partial charge in [0, 0.05) is 29.8 Å². The Labute approximate surface area is 158 Å². The highest BCUT2D eigenvalue weighted by Crippen LogP contribution is 2.34. The van der Waals surface area contributed by atoms with Gasteiger partial charge in [0.25, 0.3) is 0 Å². The molecular weight excluding hydrogens is 352 g/mol. The van der Waals surface area contributed by atoms with Crippen molar-refractivity contribution < 1.29 is 4.74 Å². The van der Waals surface area contributed by atoms with Gasteiger partial charge in [0.05, 0.1) is 0 Å². The maximum atomic E-state index is 6.01. The summed E-state index contributed by atoms with van der Waals surface area (Å²) in [6, 6.07) is 14.2. The van der Waals surface area contributed by atoms with E-state index in [0.717, 1.165) is 40.9 Å². The van der Waals surface area contributed by atoms with Gasteiger partial charge in [-0.2, -0.15) is 0 Å². The fourth-order valence-corrected chi connectivity index (χ4v) is 4.49. The van der Waals surface area contributed by atoms with E-state index in [1.54, 1.807) is 11.9 Å². The first-order valence-corrected chi connectivity index (χ1v) is 10.0. The van der Waals surface area contributed by atoms with E-state index in [2.05, 4.69) is 29.2 Å². The van der Waals surface area contributed by atoms with Crippen LogP contribution >= 0.6 is 23.5 Å². The second-order valence-electron chi connectivity index (χ2n) is 6.55. The summed E-state index contributed by atoms with van der Waals surface area (Å²) in [5.74, 6) is 4.46. The summed E-state index contributed by atoms with van der Waals surface area (Å²) in [4.78, 5) is 2.45. The van der Waals surface area contributed by atoms with Crippen LogP contribution in [0.15, 0.2) is 46.9 Å². The Morgan fingerprint density at radius 3 is 2.80 bits per heavy atom. The average Bonchev–Trinajstić information content (AvgIpc) is 2.64. The van der Waals surface area contributed by atoms with E-state index < -0.39 is 0 Å². The van der Waals surface area contributed by atoms with Gasteiger partial charge in [0.2, 0.25) is 0 Å². The van der Waals surface area contributed by atoms with Crippen LogP contribution in [0.25, 0.3) is 0 Å². The molecule has 0 N–H and O–H groups in total. The van der Waals surface area contributed by atoms with Gasteiger partial charge in [0.15, 0.2) is 0 Å². The highest BCUT2D eigenvalue weighted by Gasteiger charge is 2.29. The fraction of sp³-hybridized carbons (Fsp3) is 0.350. The SMILES string of the molecule is Cc1cc(Cl)ccc1Oc1ccc(C2CCCN3CCSN=C23)cc1. The highest BCUT2D eigenvalue weighted by atomic mass is 35.5. The Morgan fingerprint density at radius 2 is 2.00 bits per heavy atom. The number of rotatable bonds is 3. The molecule has 0 bridgehead atoms. The lowest BCUT2D eigenvalue weighted by Crippen LogP contribution is -2.42. The zero-order chi connectivity index (χ0) is 17.2. The summed E-state index contributed by atoms with van der Waals surface area (Å²) in [5, 5.41) is 0.730. The first-order chi connectivity index (χ1) is 12.2. The quantitative estimate of drug-likeness (QED) is 0.648. The number of amidine groups is 1. The van der Waals surface area contributed by atoms with Crippen LogP contribution < -0.4 is 4.74 Å². The topological polar surface area (TPSA) is 24.8 Å². The molecule has 25 heavy (non-hydrogen) atoms. The maximum Gasteiger partial charge on any atom is 0.130 e. The van der Waals surface area contributed by atoms with Crippen LogP contribution in [0.4, 0.5) is 0 Å². The van der Waals surface area contributed by atoms with Gasteiger partial charge in [-0.15, -0.1) is 0 Å². The zero-order valence-corrected chi connectivity index (χ0v) is 15.8. The van der Waals surface area contributed by atoms with Crippen molar-refractivity contribution in [2.75, 3.05) is 18.8 Å². The molecule has 0 saturated carbocycles. The van der Waals surface area contributed by atoms with Crippen LogP contribution in [0.5, 0.6) is 11.5 Å². The number of fused-ring (bicyclic) bond motifs is 1. The molecule has 0 aliphatic carbocycles. The first kappa shape index (κ1) is 16.8. The third-order valence-electron chi connectivity index (χ3n) is 4.81. The van der Waals surface area contributed by atoms with E-state index in [9.17, 15) is 0 Å². The van der Waals surface area contributed by atoms with Crippen molar-refractivity contribution in [2.45, 2.75) is 25.7 Å². The van der Waals surface area contributed by atoms with Crippen LogP contribution in [0, 0.1) is 6.92 Å². The molecule has 1 atom stereocenters. The first-order valence-electron chi connectivity index (χ1n) is 8.69. The van der Waals surface area contributed by atoms with Gasteiger partial charge in [0.1, 0.15) is 17.3 Å². The maximum absolute atomic E-state index is 6.01. The lowest BCUT2D eigenvalue weighted by Gasteiger charge is -2.37. The van der Waals surface area contributed by atoms with Crippen LogP contribution in [0.1, 0.15) is 29.9 Å². The standard InChI is InChI=1S/C20H21ClN2OS/c1-14-13-16(21)6-9-19(14)24-17-7-4-15(5-8-17)18-3-2-10-23-11-12-25-22-20(18)23/h4-9,13,18H,2-3,10-12H2,1H3. The zero-order valence-electron chi connectivity index (χ0n) is 14.2. The van der Waals surface area contributed by atoms with E-state index in [-0.39, 0.29) is 0 Å². The molecule has 0 spiro atoms. The Kier molecular flexibility index (Phi) is 4.91. The van der Waals surface area contributed by atoms with Crippen molar-refractivity contribution in [3.63, 3.8) is 0 Å². The number of hydrogen-bond acceptors (Lipinski definition) is 4. The van der Waals surface area contributed by atoms with E-state index in [4.69, 9.17) is 20.7 Å². The lowest BCUT2D eigenvalue weighted by atomic mass is 9.89. The van der Waals surface area contributed by atoms with Crippen LogP contribution in [-0.4, -0.2) is 29.6 Å². The molecule has 2 aromatic rings. The van der Waals surface area contributed by atoms with Crippen LogP contribution in [0.3, 0.4) is 0 Å². The number of ether oxygens (including phenoxy) is 1. The van der Waals surface area contributed by atoms with Crippen molar-refractivity contribution in [1.29, 1.82) is 0 Å². The van der Waals surface area contributed by atoms with Gasteiger partial charge in [-0.25, -0.2) is 4.40 Å². The molecule has 4 rings (SSSR count). The summed E-state index contributed by atoms with van der Waals surface area (Å²) < 4.78 is 10.7. The van der Waals surface area contributed by atoms with Gasteiger partial charge >= 0.3 is 0 Å². The molecule has 1 fully saturated rings. The molecule has 2 aliphatic heterocycles. The minimum atomic E-state index is 0.410. The number of halogens is 1. The summed E-state index contributed by atoms with van der Waals surface area (Å²) in [7, 11) is 0. The third kappa shape index (κ3) is 3.65. The van der Waals surface area contributed by atoms with Crippen LogP contribution in [0.2, 0.25) is 5.02 Å². The Balaban J connectivity index is 1.52. The second kappa shape index (κ2) is 7.30. The highest BCUT2D eigenvalue weighted by molar-refractivity contribution is 7.98. The van der Waals surface area contributed by atoms with Crippen LogP contribution in [-0.2, 0) is 0 Å². The Hall–Kier alpha value is -1.65. The molecule has 2 aromatic carbocycles. The number of piperidine rings is 1. The minimum absolute atomic E-state index is 0.410. The number of benzene rings is 2. The number of hydrogen-bond donors (Lipinski definition) is 0. The summed E-state index contributed by atoms with van der Waals surface area (Å²) >= 11 is 7.71. The van der Waals surface area contributed by atoms with Crippen molar-refractivity contribution in [3.8, 4) is 11.5 Å². The molecule has 2 aliphatic rings. The fourth-order valence-electron chi connectivity index (χ4n) is 3.50. The third-order valence-corrected chi connectivity index (χ3v) is 5.73. The molecule has 0 amide bonds. The molecule has 130 valence electrons. The van der Waals surface area contributed by atoms with Crippen molar-refractivity contribution >= 4 is 29.4 Å². The van der Waals surface area contributed by atoms with E-state index in [0.29, 0.717) is 5.92 Å². The summed E-state index contributed by atoms with van der Waals surface area (Å²) in [6.45, 7) is 4.27. The number of nitrogens with zero attached hydrogens (tertiary/aromatic N) is 2. The summed E-state index contributed by atoms with van der Waals surface area (Å²) in [6.07, 6.45) is 2.41. The monoisotopic (exact) mass is 372 g/mol. The predicted octanol–water partition coefficient (Wildman–Crippen LogP) is 5.68. The molecule has 3 nitrogen and oxygen atoms in total. The molecule has 2 heterocycles. The van der Waals surface area contributed by atoms with E-state index in [1.165, 1.54) is 24.2 Å². The second-order valence-corrected chi connectivity index (χ2v) is 7.83. The van der Waals surface area contributed by atoms with Crippen molar-refractivity contribution in [3.05, 3.63) is 58.6 Å².